The number of nitrogens with zero attached hydrogens (tertiary/aromatic N) is 3. The Kier molecular flexibility index (Phi) is 3.98. The number of ether oxygens (including phenoxy) is 4. The quantitative estimate of drug-likeness (QED) is 0.769. The fraction of sp³-hybridized carbons (Fsp3) is 0.304. The van der Waals surface area contributed by atoms with Crippen LogP contribution < -0.4 is 9.47 Å². The lowest BCUT2D eigenvalue weighted by Gasteiger charge is -2.48. The molecular formula is C23H15FN4O4. The Bertz CT molecular complexity index is 1260. The molecule has 0 saturated carbocycles. The molecule has 0 amide bonds. The number of halogens is 1. The van der Waals surface area contributed by atoms with Crippen LogP contribution in [0.2, 0.25) is 0 Å². The first kappa shape index (κ1) is 19.8. The molecule has 0 aliphatic carbocycles. The van der Waals surface area contributed by atoms with Crippen LogP contribution in [-0.2, 0) is 15.3 Å². The van der Waals surface area contributed by atoms with Gasteiger partial charge in [0.15, 0.2) is 16.9 Å². The average molecular weight is 430 g/mol. The van der Waals surface area contributed by atoms with E-state index < -0.39 is 40.4 Å². The number of rotatable bonds is 2. The van der Waals surface area contributed by atoms with Gasteiger partial charge in [0.25, 0.3) is 0 Å². The summed E-state index contributed by atoms with van der Waals surface area (Å²) in [6.45, 7) is 1.62. The van der Waals surface area contributed by atoms with E-state index in [1.165, 1.54) is 24.3 Å². The van der Waals surface area contributed by atoms with E-state index in [4.69, 9.17) is 24.4 Å². The van der Waals surface area contributed by atoms with Gasteiger partial charge in [-0.25, -0.2) is 4.39 Å². The molecule has 4 atom stereocenters. The van der Waals surface area contributed by atoms with Crippen molar-refractivity contribution in [2.75, 3.05) is 6.79 Å². The zero-order valence-electron chi connectivity index (χ0n) is 16.8. The van der Waals surface area contributed by atoms with Gasteiger partial charge in [0.1, 0.15) is 11.9 Å². The summed E-state index contributed by atoms with van der Waals surface area (Å²) in [6.07, 6.45) is -1.28. The van der Waals surface area contributed by atoms with Crippen LogP contribution in [0.15, 0.2) is 42.5 Å². The van der Waals surface area contributed by atoms with Gasteiger partial charge >= 0.3 is 0 Å². The van der Waals surface area contributed by atoms with Gasteiger partial charge in [0, 0.05) is 5.56 Å². The number of nitrogens with one attached hydrogen (secondary N) is 1. The predicted octanol–water partition coefficient (Wildman–Crippen LogP) is 3.67. The van der Waals surface area contributed by atoms with Gasteiger partial charge < -0.3 is 18.9 Å². The van der Waals surface area contributed by atoms with Crippen molar-refractivity contribution in [1.82, 2.24) is 0 Å². The standard InChI is InChI=1S/C23H15FN4O4/c1-13-22(11-27)20(28)32-23(13,15-3-5-16(24)6-4-15)31-19(21(22,9-25)10-26)14-2-7-17-18(8-14)30-12-29-17/h2-8,13,19,28H,12H2,1H3. The molecule has 2 saturated heterocycles. The maximum absolute atomic E-state index is 13.6. The number of benzene rings is 2. The van der Waals surface area contributed by atoms with Gasteiger partial charge in [-0.1, -0.05) is 13.0 Å². The van der Waals surface area contributed by atoms with E-state index in [0.717, 1.165) is 0 Å². The molecule has 3 aliphatic rings. The van der Waals surface area contributed by atoms with Crippen molar-refractivity contribution in [3.63, 3.8) is 0 Å². The summed E-state index contributed by atoms with van der Waals surface area (Å²) in [4.78, 5) is 0. The largest absolute Gasteiger partial charge is 0.454 e. The van der Waals surface area contributed by atoms with Gasteiger partial charge in [-0.2, -0.15) is 15.8 Å². The third-order valence-corrected chi connectivity index (χ3v) is 6.61. The predicted molar refractivity (Wildman–Crippen MR) is 104 cm³/mol. The van der Waals surface area contributed by atoms with Crippen LogP contribution in [-0.4, -0.2) is 12.7 Å². The van der Waals surface area contributed by atoms with Crippen LogP contribution in [0.5, 0.6) is 11.5 Å². The molecule has 1 N–H and O–H groups in total. The SMILES string of the molecule is CC1C2(c3ccc(F)cc3)OC(=N)C1(C#N)C(C#N)(C#N)C(c1ccc3c(c1)OCO3)O2. The van der Waals surface area contributed by atoms with E-state index in [1.807, 2.05) is 12.1 Å². The maximum atomic E-state index is 13.6. The Morgan fingerprint density at radius 3 is 2.34 bits per heavy atom. The highest BCUT2D eigenvalue weighted by molar-refractivity contribution is 5.89. The van der Waals surface area contributed by atoms with Crippen molar-refractivity contribution in [2.45, 2.75) is 18.8 Å². The van der Waals surface area contributed by atoms with Gasteiger partial charge in [-0.3, -0.25) is 5.41 Å². The van der Waals surface area contributed by atoms with Crippen molar-refractivity contribution in [1.29, 1.82) is 21.2 Å². The second-order valence-corrected chi connectivity index (χ2v) is 7.89. The van der Waals surface area contributed by atoms with E-state index >= 15 is 0 Å². The van der Waals surface area contributed by atoms with E-state index in [9.17, 15) is 20.2 Å². The van der Waals surface area contributed by atoms with Crippen LogP contribution in [0.4, 0.5) is 4.39 Å². The smallest absolute Gasteiger partial charge is 0.244 e. The molecule has 9 heteroatoms. The third-order valence-electron chi connectivity index (χ3n) is 6.61. The highest BCUT2D eigenvalue weighted by atomic mass is 19.1. The van der Waals surface area contributed by atoms with Gasteiger partial charge in [0.2, 0.25) is 23.9 Å². The molecule has 0 spiro atoms. The first-order valence-electron chi connectivity index (χ1n) is 9.73. The molecule has 4 unspecified atom stereocenters. The highest BCUT2D eigenvalue weighted by Crippen LogP contribution is 2.69. The molecule has 0 aromatic heterocycles. The normalized spacial score (nSPS) is 31.2. The van der Waals surface area contributed by atoms with Gasteiger partial charge in [-0.05, 0) is 42.0 Å². The van der Waals surface area contributed by atoms with Crippen LogP contribution in [0.25, 0.3) is 0 Å². The Hall–Kier alpha value is -4.13. The molecule has 158 valence electrons. The molecule has 5 rings (SSSR count). The third kappa shape index (κ3) is 2.12. The Labute approximate surface area is 182 Å². The van der Waals surface area contributed by atoms with Crippen molar-refractivity contribution < 1.29 is 23.3 Å². The number of hydrogen-bond donors (Lipinski definition) is 1. The molecule has 0 radical (unpaired) electrons. The lowest BCUT2D eigenvalue weighted by atomic mass is 9.53. The molecule has 2 aromatic carbocycles. The number of hydrogen-bond acceptors (Lipinski definition) is 8. The number of nitriles is 3. The van der Waals surface area contributed by atoms with E-state index in [2.05, 4.69) is 6.07 Å². The first-order chi connectivity index (χ1) is 15.4. The number of fused-ring (bicyclic) bond motifs is 3. The summed E-state index contributed by atoms with van der Waals surface area (Å²) in [5.74, 6) is -2.74. The monoisotopic (exact) mass is 430 g/mol. The molecule has 2 fully saturated rings. The van der Waals surface area contributed by atoms with Crippen LogP contribution in [0.1, 0.15) is 24.2 Å². The van der Waals surface area contributed by atoms with E-state index in [1.54, 1.807) is 25.1 Å². The maximum Gasteiger partial charge on any atom is 0.244 e. The lowest BCUT2D eigenvalue weighted by Crippen LogP contribution is -2.57. The molecular weight excluding hydrogens is 415 g/mol. The molecule has 3 heterocycles. The van der Waals surface area contributed by atoms with Gasteiger partial charge in [-0.15, -0.1) is 0 Å². The van der Waals surface area contributed by atoms with Crippen LogP contribution in [0.3, 0.4) is 0 Å². The molecule has 32 heavy (non-hydrogen) atoms. The molecule has 8 nitrogen and oxygen atoms in total. The first-order valence-corrected chi connectivity index (χ1v) is 9.73. The summed E-state index contributed by atoms with van der Waals surface area (Å²) in [7, 11) is 0. The summed E-state index contributed by atoms with van der Waals surface area (Å²) >= 11 is 0. The highest BCUT2D eigenvalue weighted by Gasteiger charge is 2.79. The lowest BCUT2D eigenvalue weighted by molar-refractivity contribution is -0.288. The molecule has 2 aromatic rings. The van der Waals surface area contributed by atoms with Crippen molar-refractivity contribution in [3.8, 4) is 29.7 Å². The topological polar surface area (TPSA) is 132 Å². The Balaban J connectivity index is 1.78. The summed E-state index contributed by atoms with van der Waals surface area (Å²) in [5.41, 5.74) is -3.30. The fourth-order valence-corrected chi connectivity index (χ4v) is 4.93. The van der Waals surface area contributed by atoms with Crippen molar-refractivity contribution in [3.05, 3.63) is 59.4 Å². The Morgan fingerprint density at radius 2 is 1.69 bits per heavy atom. The minimum Gasteiger partial charge on any atom is -0.454 e. The zero-order valence-corrected chi connectivity index (χ0v) is 16.8. The second-order valence-electron chi connectivity index (χ2n) is 7.89. The molecule has 3 aliphatic heterocycles. The van der Waals surface area contributed by atoms with Crippen molar-refractivity contribution in [2.24, 2.45) is 16.7 Å². The van der Waals surface area contributed by atoms with E-state index in [-0.39, 0.29) is 6.79 Å². The summed E-state index contributed by atoms with van der Waals surface area (Å²) in [5, 5.41) is 39.4. The minimum atomic E-state index is -2.11. The fourth-order valence-electron chi connectivity index (χ4n) is 4.93. The van der Waals surface area contributed by atoms with Crippen LogP contribution in [0, 0.1) is 62.0 Å². The second kappa shape index (κ2) is 6.43. The Morgan fingerprint density at radius 1 is 1.00 bits per heavy atom. The average Bonchev–Trinajstić information content (AvgIpc) is 3.33. The van der Waals surface area contributed by atoms with E-state index in [0.29, 0.717) is 22.6 Å². The van der Waals surface area contributed by atoms with Gasteiger partial charge in [0.05, 0.1) is 24.1 Å². The zero-order chi connectivity index (χ0) is 22.7. The summed E-state index contributed by atoms with van der Waals surface area (Å²) < 4.78 is 36.6. The minimum absolute atomic E-state index is 0.0262. The van der Waals surface area contributed by atoms with Crippen molar-refractivity contribution >= 4 is 5.90 Å². The molecule has 2 bridgehead atoms. The van der Waals surface area contributed by atoms with Crippen LogP contribution >= 0.6 is 0 Å². The summed E-state index contributed by atoms with van der Waals surface area (Å²) in [6, 6.07) is 16.1.